The van der Waals surface area contributed by atoms with E-state index in [1.54, 1.807) is 25.1 Å². The smallest absolute Gasteiger partial charge is 0.339 e. The van der Waals surface area contributed by atoms with Crippen molar-refractivity contribution in [3.8, 4) is 5.75 Å². The molecule has 0 amide bonds. The lowest BCUT2D eigenvalue weighted by Gasteiger charge is -2.18. The number of fused-ring (bicyclic) bond motifs is 1. The number of benzene rings is 1. The van der Waals surface area contributed by atoms with Crippen LogP contribution < -0.4 is 4.74 Å². The van der Waals surface area contributed by atoms with Crippen molar-refractivity contribution in [2.24, 2.45) is 5.41 Å². The highest BCUT2D eigenvalue weighted by atomic mass is 16.5. The number of furan rings is 1. The van der Waals surface area contributed by atoms with Crippen molar-refractivity contribution < 1.29 is 19.1 Å². The van der Waals surface area contributed by atoms with E-state index < -0.39 is 5.97 Å². The van der Waals surface area contributed by atoms with Gasteiger partial charge in [-0.25, -0.2) is 4.79 Å². The molecule has 2 rings (SSSR count). The van der Waals surface area contributed by atoms with Gasteiger partial charge in [-0.2, -0.15) is 0 Å². The molecule has 0 saturated heterocycles. The van der Waals surface area contributed by atoms with Crippen LogP contribution in [0.1, 0.15) is 36.9 Å². The third-order valence-corrected chi connectivity index (χ3v) is 2.72. The third-order valence-electron chi connectivity index (χ3n) is 2.72. The predicted molar refractivity (Wildman–Crippen MR) is 72.9 cm³/mol. The average molecular weight is 262 g/mol. The second kappa shape index (κ2) is 4.61. The molecule has 1 aromatic carbocycles. The monoisotopic (exact) mass is 262 g/mol. The maximum absolute atomic E-state index is 11.2. The summed E-state index contributed by atoms with van der Waals surface area (Å²) in [4.78, 5) is 11.2. The Balaban J connectivity index is 2.39. The van der Waals surface area contributed by atoms with Crippen molar-refractivity contribution in [1.82, 2.24) is 0 Å². The number of carboxylic acids is 1. The van der Waals surface area contributed by atoms with Crippen LogP contribution in [0.15, 0.2) is 22.6 Å². The molecular formula is C15H18O4. The number of carbonyl (C=O) groups is 1. The molecule has 4 heteroatoms. The summed E-state index contributed by atoms with van der Waals surface area (Å²) in [7, 11) is 0. The predicted octanol–water partition coefficient (Wildman–Crippen LogP) is 3.86. The van der Waals surface area contributed by atoms with Crippen LogP contribution in [0.25, 0.3) is 11.0 Å². The Morgan fingerprint density at radius 1 is 1.37 bits per heavy atom. The number of hydrogen-bond acceptors (Lipinski definition) is 3. The van der Waals surface area contributed by atoms with Crippen LogP contribution in [0, 0.1) is 12.3 Å². The highest BCUT2D eigenvalue weighted by Gasteiger charge is 2.18. The number of carboxylic acid groups (broad SMARTS) is 1. The fourth-order valence-electron chi connectivity index (χ4n) is 1.85. The molecule has 0 spiro atoms. The highest BCUT2D eigenvalue weighted by molar-refractivity contribution is 6.03. The first-order valence-corrected chi connectivity index (χ1v) is 6.17. The van der Waals surface area contributed by atoms with Gasteiger partial charge in [-0.05, 0) is 30.5 Å². The lowest BCUT2D eigenvalue weighted by atomic mass is 9.99. The molecule has 2 aromatic rings. The molecule has 4 nitrogen and oxygen atoms in total. The van der Waals surface area contributed by atoms with E-state index in [-0.39, 0.29) is 11.0 Å². The minimum Gasteiger partial charge on any atom is -0.493 e. The number of rotatable bonds is 3. The number of ether oxygens (including phenoxy) is 1. The van der Waals surface area contributed by atoms with Crippen molar-refractivity contribution in [2.75, 3.05) is 6.61 Å². The van der Waals surface area contributed by atoms with Gasteiger partial charge in [0.25, 0.3) is 0 Å². The van der Waals surface area contributed by atoms with Gasteiger partial charge in [-0.3, -0.25) is 0 Å². The Bertz CT molecular complexity index is 617. The minimum absolute atomic E-state index is 0.0525. The molecule has 19 heavy (non-hydrogen) atoms. The fraction of sp³-hybridized carbons (Fsp3) is 0.400. The summed E-state index contributed by atoms with van der Waals surface area (Å²) in [6.45, 7) is 8.46. The van der Waals surface area contributed by atoms with Crippen LogP contribution >= 0.6 is 0 Å². The number of hydrogen-bond donors (Lipinski definition) is 1. The minimum atomic E-state index is -0.982. The zero-order valence-electron chi connectivity index (χ0n) is 11.6. The molecule has 0 aliphatic heterocycles. The van der Waals surface area contributed by atoms with E-state index in [0.717, 1.165) is 0 Å². The molecule has 0 unspecified atom stereocenters. The van der Waals surface area contributed by atoms with Crippen LogP contribution in [0.2, 0.25) is 0 Å². The average Bonchev–Trinajstić information content (AvgIpc) is 2.60. The quantitative estimate of drug-likeness (QED) is 0.912. The molecule has 1 aromatic heterocycles. The first kappa shape index (κ1) is 13.5. The molecule has 102 valence electrons. The van der Waals surface area contributed by atoms with E-state index in [1.807, 2.05) is 0 Å². The summed E-state index contributed by atoms with van der Waals surface area (Å²) in [6.07, 6.45) is 0. The zero-order chi connectivity index (χ0) is 14.2. The van der Waals surface area contributed by atoms with Crippen LogP contribution in [-0.2, 0) is 0 Å². The SMILES string of the molecule is Cc1oc2ccc(OCC(C)(C)C)cc2c1C(=O)O. The Hall–Kier alpha value is -1.97. The maximum Gasteiger partial charge on any atom is 0.339 e. The van der Waals surface area contributed by atoms with Gasteiger partial charge in [0.15, 0.2) is 0 Å². The summed E-state index contributed by atoms with van der Waals surface area (Å²) in [5, 5.41) is 9.78. The van der Waals surface area contributed by atoms with Crippen molar-refractivity contribution >= 4 is 16.9 Å². The van der Waals surface area contributed by atoms with Gasteiger partial charge in [0.05, 0.1) is 6.61 Å². The molecule has 1 N–H and O–H groups in total. The molecule has 1 heterocycles. The Morgan fingerprint density at radius 3 is 2.63 bits per heavy atom. The third kappa shape index (κ3) is 2.89. The van der Waals surface area contributed by atoms with Crippen LogP contribution in [0.3, 0.4) is 0 Å². The van der Waals surface area contributed by atoms with Crippen molar-refractivity contribution in [3.05, 3.63) is 29.5 Å². The Kier molecular flexibility index (Phi) is 3.27. The molecular weight excluding hydrogens is 244 g/mol. The normalized spacial score (nSPS) is 11.8. The molecule has 0 fully saturated rings. The summed E-state index contributed by atoms with van der Waals surface area (Å²) in [6, 6.07) is 5.26. The van der Waals surface area contributed by atoms with Crippen molar-refractivity contribution in [2.45, 2.75) is 27.7 Å². The van der Waals surface area contributed by atoms with Crippen molar-refractivity contribution in [3.63, 3.8) is 0 Å². The largest absolute Gasteiger partial charge is 0.493 e. The lowest BCUT2D eigenvalue weighted by molar-refractivity contribution is 0.0697. The van der Waals surface area contributed by atoms with E-state index >= 15 is 0 Å². The first-order chi connectivity index (χ1) is 8.78. The Labute approximate surface area is 112 Å². The first-order valence-electron chi connectivity index (χ1n) is 6.17. The van der Waals surface area contributed by atoms with Gasteiger partial charge in [-0.1, -0.05) is 20.8 Å². The molecule has 0 bridgehead atoms. The maximum atomic E-state index is 11.2. The van der Waals surface area contributed by atoms with Gasteiger partial charge < -0.3 is 14.3 Å². The van der Waals surface area contributed by atoms with E-state index in [9.17, 15) is 9.90 Å². The zero-order valence-corrected chi connectivity index (χ0v) is 11.6. The van der Waals surface area contributed by atoms with Crippen LogP contribution in [0.5, 0.6) is 5.75 Å². The second-order valence-corrected chi connectivity index (χ2v) is 5.85. The summed E-state index contributed by atoms with van der Waals surface area (Å²) < 4.78 is 11.1. The van der Waals surface area contributed by atoms with Gasteiger partial charge in [0, 0.05) is 5.39 Å². The summed E-state index contributed by atoms with van der Waals surface area (Å²) in [5.74, 6) is 0.0883. The van der Waals surface area contributed by atoms with Gasteiger partial charge in [-0.15, -0.1) is 0 Å². The lowest BCUT2D eigenvalue weighted by Crippen LogP contribution is -2.16. The molecule has 0 radical (unpaired) electrons. The Morgan fingerprint density at radius 2 is 2.05 bits per heavy atom. The van der Waals surface area contributed by atoms with E-state index in [2.05, 4.69) is 20.8 Å². The molecule has 0 aliphatic rings. The number of aryl methyl sites for hydroxylation is 1. The standard InChI is InChI=1S/C15H18O4/c1-9-13(14(16)17)11-7-10(5-6-12(11)19-9)18-8-15(2,3)4/h5-7H,8H2,1-4H3,(H,16,17). The topological polar surface area (TPSA) is 59.7 Å². The molecule has 0 aliphatic carbocycles. The van der Waals surface area contributed by atoms with Crippen molar-refractivity contribution in [1.29, 1.82) is 0 Å². The fourth-order valence-corrected chi connectivity index (χ4v) is 1.85. The van der Waals surface area contributed by atoms with Gasteiger partial charge in [0.1, 0.15) is 22.7 Å². The molecule has 0 atom stereocenters. The highest BCUT2D eigenvalue weighted by Crippen LogP contribution is 2.29. The molecule has 0 saturated carbocycles. The van der Waals surface area contributed by atoms with Crippen LogP contribution in [0.4, 0.5) is 0 Å². The van der Waals surface area contributed by atoms with Gasteiger partial charge in [0.2, 0.25) is 0 Å². The van der Waals surface area contributed by atoms with E-state index in [0.29, 0.717) is 29.1 Å². The van der Waals surface area contributed by atoms with Gasteiger partial charge >= 0.3 is 5.97 Å². The summed E-state index contributed by atoms with van der Waals surface area (Å²) >= 11 is 0. The van der Waals surface area contributed by atoms with E-state index in [1.165, 1.54) is 0 Å². The van der Waals surface area contributed by atoms with Crippen LogP contribution in [-0.4, -0.2) is 17.7 Å². The summed E-state index contributed by atoms with van der Waals surface area (Å²) in [5.41, 5.74) is 0.825. The second-order valence-electron chi connectivity index (χ2n) is 5.85. The van der Waals surface area contributed by atoms with E-state index in [4.69, 9.17) is 9.15 Å². The number of aromatic carboxylic acids is 1.